The summed E-state index contributed by atoms with van der Waals surface area (Å²) in [5.41, 5.74) is 0. The van der Waals surface area contributed by atoms with Crippen LogP contribution >= 0.6 is 0 Å². The van der Waals surface area contributed by atoms with Gasteiger partial charge >= 0.3 is 17.9 Å². The van der Waals surface area contributed by atoms with Crippen LogP contribution in [0.5, 0.6) is 0 Å². The van der Waals surface area contributed by atoms with Crippen LogP contribution in [0.3, 0.4) is 0 Å². The molecular weight excluding hydrogens is 1020 g/mol. The molecule has 0 saturated heterocycles. The highest BCUT2D eigenvalue weighted by Crippen LogP contribution is 2.10. The molecule has 0 heterocycles. The van der Waals surface area contributed by atoms with Gasteiger partial charge in [0.25, 0.3) is 0 Å². The average molecular weight is 1130 g/mol. The summed E-state index contributed by atoms with van der Waals surface area (Å²) in [6.07, 6.45) is 108. The summed E-state index contributed by atoms with van der Waals surface area (Å²) in [7, 11) is 0. The SMILES string of the molecule is CC/C=C\C/C=C\C/C=C\C/C=C\C/C=C\C/C=C\C/C=C\CCCC(=O)OCC(COC(=O)CCCCC/C=C\C/C=C\C/C=C\C/C=C\C/C=C\CC)OC(=O)CCC/C=C\C/C=C\C/C=C\C/C=C\C/C=C\C/C=C\C/C=C\CC. The molecule has 0 spiro atoms. The van der Waals surface area contributed by atoms with Crippen LogP contribution in [0.15, 0.2) is 231 Å². The van der Waals surface area contributed by atoms with Crippen molar-refractivity contribution in [1.29, 1.82) is 0 Å². The highest BCUT2D eigenvalue weighted by atomic mass is 16.6. The zero-order valence-corrected chi connectivity index (χ0v) is 52.1. The quantitative estimate of drug-likeness (QED) is 0.0261. The maximum atomic E-state index is 12.9. The van der Waals surface area contributed by atoms with Crippen molar-refractivity contribution >= 4 is 17.9 Å². The van der Waals surface area contributed by atoms with Crippen LogP contribution in [0.4, 0.5) is 0 Å². The van der Waals surface area contributed by atoms with E-state index in [-0.39, 0.29) is 44.4 Å². The molecular formula is C77H112O6. The molecule has 456 valence electrons. The van der Waals surface area contributed by atoms with Crippen LogP contribution in [0.2, 0.25) is 0 Å². The number of ether oxygens (including phenoxy) is 3. The first-order chi connectivity index (χ1) is 41.0. The molecule has 0 aromatic rings. The van der Waals surface area contributed by atoms with Crippen molar-refractivity contribution in [3.05, 3.63) is 231 Å². The van der Waals surface area contributed by atoms with E-state index in [1.165, 1.54) is 0 Å². The standard InChI is InChI=1S/C77H112O6/c1-4-7-10-13-16-19-22-25-28-31-34-36-38-40-43-46-49-52-55-58-61-64-67-70-76(79)82-73-74(72-81-75(78)69-66-63-60-57-54-51-48-45-42-33-30-27-24-21-18-15-12-9-6-3)83-77(80)71-68-65-62-59-56-53-50-47-44-41-39-37-35-32-29-26-23-20-17-14-11-8-5-2/h7-12,16-21,25-30,34-37,40-45,49-54,58-59,61-62,74H,4-6,13-15,22-24,31-33,38-39,46-48,55-57,60,63-73H2,1-3H3/b10-7-,11-8-,12-9-,19-16-,20-17-,21-18-,28-25-,29-26-,30-27-,36-34-,37-35-,43-40-,44-41-,45-42-,52-49-,53-50-,54-51-,61-58-,62-59-. The molecule has 0 radical (unpaired) electrons. The van der Waals surface area contributed by atoms with Crippen molar-refractivity contribution in [2.75, 3.05) is 13.2 Å². The third-order valence-corrected chi connectivity index (χ3v) is 12.1. The Kier molecular flexibility index (Phi) is 62.6. The fourth-order valence-electron chi connectivity index (χ4n) is 7.50. The summed E-state index contributed by atoms with van der Waals surface area (Å²) in [4.78, 5) is 38.3. The number of allylic oxidation sites excluding steroid dienone is 38. The summed E-state index contributed by atoms with van der Waals surface area (Å²) in [5.74, 6) is -1.12. The van der Waals surface area contributed by atoms with Gasteiger partial charge in [0.1, 0.15) is 13.2 Å². The van der Waals surface area contributed by atoms with Crippen LogP contribution in [0.25, 0.3) is 0 Å². The Balaban J connectivity index is 4.71. The van der Waals surface area contributed by atoms with Crippen LogP contribution in [0.1, 0.15) is 213 Å². The number of esters is 3. The molecule has 0 aliphatic rings. The fourth-order valence-corrected chi connectivity index (χ4v) is 7.50. The fraction of sp³-hybridized carbons (Fsp3) is 0.468. The molecule has 0 aliphatic carbocycles. The van der Waals surface area contributed by atoms with Crippen molar-refractivity contribution < 1.29 is 28.6 Å². The van der Waals surface area contributed by atoms with Gasteiger partial charge in [0.2, 0.25) is 0 Å². The lowest BCUT2D eigenvalue weighted by Gasteiger charge is -2.18. The molecule has 0 aromatic carbocycles. The first-order valence-electron chi connectivity index (χ1n) is 31.9. The molecule has 1 atom stereocenters. The Morgan fingerprint density at radius 2 is 0.446 bits per heavy atom. The van der Waals surface area contributed by atoms with Crippen LogP contribution in [-0.2, 0) is 28.6 Å². The molecule has 6 nitrogen and oxygen atoms in total. The van der Waals surface area contributed by atoms with Gasteiger partial charge in [-0.2, -0.15) is 0 Å². The van der Waals surface area contributed by atoms with Gasteiger partial charge in [0.05, 0.1) is 0 Å². The highest BCUT2D eigenvalue weighted by Gasteiger charge is 2.19. The van der Waals surface area contributed by atoms with E-state index in [0.29, 0.717) is 19.3 Å². The van der Waals surface area contributed by atoms with Crippen molar-refractivity contribution in [1.82, 2.24) is 0 Å². The Hall–Kier alpha value is -6.53. The molecule has 0 fully saturated rings. The van der Waals surface area contributed by atoms with Gasteiger partial charge in [-0.05, 0) is 167 Å². The molecule has 0 amide bonds. The number of unbranched alkanes of at least 4 members (excludes halogenated alkanes) is 5. The van der Waals surface area contributed by atoms with E-state index in [0.717, 1.165) is 154 Å². The third kappa shape index (κ3) is 66.2. The second-order valence-corrected chi connectivity index (χ2v) is 19.8. The molecule has 83 heavy (non-hydrogen) atoms. The maximum absolute atomic E-state index is 12.9. The average Bonchev–Trinajstić information content (AvgIpc) is 3.49. The number of hydrogen-bond donors (Lipinski definition) is 0. The van der Waals surface area contributed by atoms with Crippen molar-refractivity contribution in [2.24, 2.45) is 0 Å². The summed E-state index contributed by atoms with van der Waals surface area (Å²) in [6, 6.07) is 0. The predicted molar refractivity (Wildman–Crippen MR) is 361 cm³/mol. The van der Waals surface area contributed by atoms with Gasteiger partial charge < -0.3 is 14.2 Å². The highest BCUT2D eigenvalue weighted by molar-refractivity contribution is 5.71. The summed E-state index contributed by atoms with van der Waals surface area (Å²) in [6.45, 7) is 6.15. The Morgan fingerprint density at radius 1 is 0.241 bits per heavy atom. The number of carbonyl (C=O) groups is 3. The lowest BCUT2D eigenvalue weighted by molar-refractivity contribution is -0.167. The van der Waals surface area contributed by atoms with Crippen molar-refractivity contribution in [3.63, 3.8) is 0 Å². The number of carbonyl (C=O) groups excluding carboxylic acids is 3. The van der Waals surface area contributed by atoms with Gasteiger partial charge in [0.15, 0.2) is 6.10 Å². The van der Waals surface area contributed by atoms with E-state index >= 15 is 0 Å². The topological polar surface area (TPSA) is 78.9 Å². The monoisotopic (exact) mass is 1130 g/mol. The Morgan fingerprint density at radius 3 is 0.699 bits per heavy atom. The second-order valence-electron chi connectivity index (χ2n) is 19.8. The molecule has 1 unspecified atom stereocenters. The molecule has 6 heteroatoms. The van der Waals surface area contributed by atoms with Gasteiger partial charge in [-0.1, -0.05) is 258 Å². The molecule has 0 saturated carbocycles. The van der Waals surface area contributed by atoms with Gasteiger partial charge in [0, 0.05) is 19.3 Å². The van der Waals surface area contributed by atoms with Crippen molar-refractivity contribution in [3.8, 4) is 0 Å². The van der Waals surface area contributed by atoms with E-state index in [4.69, 9.17) is 14.2 Å². The zero-order chi connectivity index (χ0) is 59.9. The Bertz CT molecular complexity index is 2130. The van der Waals surface area contributed by atoms with E-state index in [2.05, 4.69) is 252 Å². The molecule has 0 aliphatic heterocycles. The number of rotatable bonds is 54. The minimum atomic E-state index is -0.865. The second kappa shape index (κ2) is 68.0. The smallest absolute Gasteiger partial charge is 0.306 e. The minimum Gasteiger partial charge on any atom is -0.462 e. The van der Waals surface area contributed by atoms with E-state index in [9.17, 15) is 14.4 Å². The molecule has 0 N–H and O–H groups in total. The van der Waals surface area contributed by atoms with Crippen molar-refractivity contribution in [2.45, 2.75) is 219 Å². The summed E-state index contributed by atoms with van der Waals surface area (Å²) < 4.78 is 16.8. The minimum absolute atomic E-state index is 0.152. The zero-order valence-electron chi connectivity index (χ0n) is 52.1. The first kappa shape index (κ1) is 76.5. The van der Waals surface area contributed by atoms with Crippen LogP contribution in [-0.4, -0.2) is 37.2 Å². The van der Waals surface area contributed by atoms with E-state index in [1.54, 1.807) is 0 Å². The van der Waals surface area contributed by atoms with Gasteiger partial charge in [-0.25, -0.2) is 0 Å². The molecule has 0 aromatic heterocycles. The normalized spacial score (nSPS) is 13.7. The third-order valence-electron chi connectivity index (χ3n) is 12.1. The Labute approximate surface area is 507 Å². The molecule has 0 bridgehead atoms. The lowest BCUT2D eigenvalue weighted by atomic mass is 10.1. The van der Waals surface area contributed by atoms with Gasteiger partial charge in [-0.3, -0.25) is 14.4 Å². The summed E-state index contributed by atoms with van der Waals surface area (Å²) in [5, 5.41) is 0. The maximum Gasteiger partial charge on any atom is 0.306 e. The number of hydrogen-bond acceptors (Lipinski definition) is 6. The van der Waals surface area contributed by atoms with E-state index < -0.39 is 12.1 Å². The largest absolute Gasteiger partial charge is 0.462 e. The van der Waals surface area contributed by atoms with Gasteiger partial charge in [-0.15, -0.1) is 0 Å². The van der Waals surface area contributed by atoms with E-state index in [1.807, 2.05) is 0 Å². The predicted octanol–water partition coefficient (Wildman–Crippen LogP) is 22.3. The summed E-state index contributed by atoms with van der Waals surface area (Å²) >= 11 is 0. The lowest BCUT2D eigenvalue weighted by Crippen LogP contribution is -2.30. The van der Waals surface area contributed by atoms with Crippen LogP contribution < -0.4 is 0 Å². The van der Waals surface area contributed by atoms with Crippen LogP contribution in [0, 0.1) is 0 Å². The first-order valence-corrected chi connectivity index (χ1v) is 31.9. The molecule has 0 rings (SSSR count).